The molecule has 1 radical (unpaired) electrons. The van der Waals surface area contributed by atoms with E-state index in [0.29, 0.717) is 21.3 Å². The van der Waals surface area contributed by atoms with Crippen molar-refractivity contribution in [2.75, 3.05) is 10.8 Å². The number of nitrogens with zero attached hydrogens (tertiary/aromatic N) is 2. The van der Waals surface area contributed by atoms with Crippen LogP contribution in [0.5, 0.6) is 0 Å². The SMILES string of the molecule is CC.CCc1nc2c(s1)C(O)=C(c1ccccc1C)S(=O)(=O)N2CC(F)F.[CH3-].[Y]. The molecule has 0 unspecified atom stereocenters. The number of aromatic nitrogens is 1. The summed E-state index contributed by atoms with van der Waals surface area (Å²) in [4.78, 5) is 3.98. The number of aliphatic hydroxyl groups excluding tert-OH is 1. The number of alkyl halides is 2. The second kappa shape index (κ2) is 11.5. The normalized spacial score (nSPS) is 14.4. The Morgan fingerprint density at radius 3 is 2.34 bits per heavy atom. The zero-order valence-corrected chi connectivity index (χ0v) is 21.6. The van der Waals surface area contributed by atoms with Gasteiger partial charge in [-0.05, 0) is 18.9 Å². The Labute approximate surface area is 200 Å². The molecule has 2 aromatic rings. The van der Waals surface area contributed by atoms with E-state index in [0.717, 1.165) is 11.3 Å². The summed E-state index contributed by atoms with van der Waals surface area (Å²) in [6, 6.07) is 6.61. The summed E-state index contributed by atoms with van der Waals surface area (Å²) in [6.07, 6.45) is -2.36. The second-order valence-electron chi connectivity index (χ2n) is 5.53. The van der Waals surface area contributed by atoms with Crippen molar-refractivity contribution >= 4 is 37.8 Å². The fourth-order valence-corrected chi connectivity index (χ4v) is 5.51. The molecular weight excluding hydrogens is 495 g/mol. The minimum Gasteiger partial charge on any atom is -0.505 e. The van der Waals surface area contributed by atoms with Gasteiger partial charge in [0, 0.05) is 38.3 Å². The van der Waals surface area contributed by atoms with Gasteiger partial charge in [-0.25, -0.2) is 26.5 Å². The van der Waals surface area contributed by atoms with Crippen LogP contribution in [0.3, 0.4) is 0 Å². The largest absolute Gasteiger partial charge is 0.505 e. The van der Waals surface area contributed by atoms with E-state index in [2.05, 4.69) is 4.98 Å². The second-order valence-corrected chi connectivity index (χ2v) is 8.42. The van der Waals surface area contributed by atoms with Gasteiger partial charge in [0.15, 0.2) is 11.6 Å². The molecule has 1 N–H and O–H groups in total. The van der Waals surface area contributed by atoms with Gasteiger partial charge in [0.05, 0.1) is 11.6 Å². The van der Waals surface area contributed by atoms with E-state index in [4.69, 9.17) is 0 Å². The summed E-state index contributed by atoms with van der Waals surface area (Å²) in [5, 5.41) is 11.2. The number of aliphatic hydroxyl groups is 1. The molecule has 1 aromatic carbocycles. The molecule has 29 heavy (non-hydrogen) atoms. The Morgan fingerprint density at radius 1 is 1.24 bits per heavy atom. The van der Waals surface area contributed by atoms with Crippen LogP contribution in [0, 0.1) is 14.4 Å². The fraction of sp³-hybridized carbons (Fsp3) is 0.368. The van der Waals surface area contributed by atoms with Gasteiger partial charge in [0.1, 0.15) is 9.78 Å². The van der Waals surface area contributed by atoms with Gasteiger partial charge >= 0.3 is 0 Å². The Balaban J connectivity index is 0.00000190. The molecular formula is C19H25F2N2O3S2Y-. The van der Waals surface area contributed by atoms with Crippen LogP contribution in [0.4, 0.5) is 14.6 Å². The van der Waals surface area contributed by atoms with Crippen molar-refractivity contribution in [2.45, 2.75) is 40.5 Å². The van der Waals surface area contributed by atoms with Crippen molar-refractivity contribution in [1.82, 2.24) is 4.98 Å². The van der Waals surface area contributed by atoms with Crippen LogP contribution in [0.25, 0.3) is 10.7 Å². The quantitative estimate of drug-likeness (QED) is 0.557. The topological polar surface area (TPSA) is 70.5 Å². The monoisotopic (exact) mass is 520 g/mol. The molecule has 2 heterocycles. The van der Waals surface area contributed by atoms with Gasteiger partial charge in [-0.1, -0.05) is 45.0 Å². The molecule has 1 aliphatic rings. The molecule has 5 nitrogen and oxygen atoms in total. The van der Waals surface area contributed by atoms with Crippen molar-refractivity contribution in [1.29, 1.82) is 0 Å². The van der Waals surface area contributed by atoms with Gasteiger partial charge in [-0.3, -0.25) is 0 Å². The first-order valence-corrected chi connectivity index (χ1v) is 10.8. The first kappa shape index (κ1) is 28.1. The molecule has 0 bridgehead atoms. The minimum absolute atomic E-state index is 0. The van der Waals surface area contributed by atoms with Crippen molar-refractivity contribution in [2.24, 2.45) is 0 Å². The molecule has 0 aliphatic carbocycles. The van der Waals surface area contributed by atoms with Crippen LogP contribution in [-0.2, 0) is 49.2 Å². The number of anilines is 1. The molecule has 159 valence electrons. The molecule has 1 aromatic heterocycles. The predicted molar refractivity (Wildman–Crippen MR) is 112 cm³/mol. The average Bonchev–Trinajstić information content (AvgIpc) is 3.06. The van der Waals surface area contributed by atoms with Crippen LogP contribution in [0.1, 0.15) is 41.8 Å². The van der Waals surface area contributed by atoms with E-state index in [1.165, 1.54) is 0 Å². The summed E-state index contributed by atoms with van der Waals surface area (Å²) >= 11 is 1.11. The van der Waals surface area contributed by atoms with E-state index in [9.17, 15) is 22.3 Å². The number of fused-ring (bicyclic) bond motifs is 1. The zero-order valence-electron chi connectivity index (χ0n) is 17.1. The van der Waals surface area contributed by atoms with Crippen LogP contribution in [-0.4, -0.2) is 31.5 Å². The van der Waals surface area contributed by atoms with Crippen LogP contribution in [0.15, 0.2) is 24.3 Å². The number of rotatable bonds is 4. The van der Waals surface area contributed by atoms with Crippen LogP contribution >= 0.6 is 11.3 Å². The molecule has 0 amide bonds. The Kier molecular flexibility index (Phi) is 11.1. The molecule has 0 saturated heterocycles. The minimum atomic E-state index is -4.37. The summed E-state index contributed by atoms with van der Waals surface area (Å²) in [5.41, 5.74) is 0.907. The van der Waals surface area contributed by atoms with E-state index in [1.807, 2.05) is 20.8 Å². The van der Waals surface area contributed by atoms with Gasteiger partial charge in [0.25, 0.3) is 16.4 Å². The van der Waals surface area contributed by atoms with E-state index in [-0.39, 0.29) is 61.3 Å². The maximum absolute atomic E-state index is 13.0. The van der Waals surface area contributed by atoms with E-state index >= 15 is 0 Å². The smallest absolute Gasteiger partial charge is 0.270 e. The molecule has 0 spiro atoms. The Morgan fingerprint density at radius 2 is 1.83 bits per heavy atom. The summed E-state index contributed by atoms with van der Waals surface area (Å²) in [5.74, 6) is -0.566. The van der Waals surface area contributed by atoms with E-state index < -0.39 is 28.8 Å². The number of aryl methyl sites for hydroxylation is 2. The molecule has 10 heteroatoms. The third-order valence-electron chi connectivity index (χ3n) is 3.86. The predicted octanol–water partition coefficient (Wildman–Crippen LogP) is 5.29. The molecule has 1 aliphatic heterocycles. The maximum atomic E-state index is 13.0. The van der Waals surface area contributed by atoms with Crippen molar-refractivity contribution in [3.05, 3.63) is 52.7 Å². The summed E-state index contributed by atoms with van der Waals surface area (Å²) in [7, 11) is -4.37. The molecule has 0 saturated carbocycles. The standard InChI is InChI=1S/C16H16F2N2O3S2.C2H6.CH3.Y/c1-3-12-19-16-14(24-12)13(21)15(10-7-5-4-6-9(10)2)25(22,23)20(16)8-11(17)18;1-2;;/h4-7,11,21H,3,8H2,1-2H3;1-2H3;1H3;/q;;-1;. The van der Waals surface area contributed by atoms with Gasteiger partial charge < -0.3 is 12.5 Å². The Bertz CT molecular complexity index is 960. The van der Waals surface area contributed by atoms with E-state index in [1.54, 1.807) is 31.2 Å². The third kappa shape index (κ3) is 5.43. The number of halogens is 2. The van der Waals surface area contributed by atoms with Gasteiger partial charge in [-0.2, -0.15) is 0 Å². The van der Waals surface area contributed by atoms with Crippen molar-refractivity contribution in [3.63, 3.8) is 0 Å². The summed E-state index contributed by atoms with van der Waals surface area (Å²) in [6.45, 7) is 6.51. The number of benzene rings is 1. The maximum Gasteiger partial charge on any atom is 0.270 e. The van der Waals surface area contributed by atoms with Gasteiger partial charge in [0.2, 0.25) is 0 Å². The van der Waals surface area contributed by atoms with Crippen LogP contribution < -0.4 is 4.31 Å². The van der Waals surface area contributed by atoms with Crippen LogP contribution in [0.2, 0.25) is 0 Å². The molecule has 0 fully saturated rings. The summed E-state index contributed by atoms with van der Waals surface area (Å²) < 4.78 is 52.7. The molecule has 0 atom stereocenters. The average molecular weight is 520 g/mol. The third-order valence-corrected chi connectivity index (χ3v) is 6.89. The first-order valence-electron chi connectivity index (χ1n) is 8.57. The van der Waals surface area contributed by atoms with Crippen molar-refractivity contribution < 1.29 is 55.0 Å². The number of hydrogen-bond acceptors (Lipinski definition) is 5. The fourth-order valence-electron chi connectivity index (χ4n) is 2.68. The van der Waals surface area contributed by atoms with Crippen molar-refractivity contribution in [3.8, 4) is 0 Å². The first-order chi connectivity index (χ1) is 12.8. The Hall–Kier alpha value is -0.896. The number of thiazole rings is 1. The number of hydrogen-bond donors (Lipinski definition) is 1. The van der Waals surface area contributed by atoms with Gasteiger partial charge in [-0.15, -0.1) is 11.3 Å². The number of sulfonamides is 1. The molecule has 3 rings (SSSR count). The zero-order chi connectivity index (χ0) is 20.4.